The van der Waals surface area contributed by atoms with E-state index in [1.54, 1.807) is 12.1 Å². The van der Waals surface area contributed by atoms with Crippen molar-refractivity contribution in [3.63, 3.8) is 0 Å². The minimum absolute atomic E-state index is 0.0634. The van der Waals surface area contributed by atoms with Crippen LogP contribution in [0.15, 0.2) is 48.5 Å². The molecule has 7 heteroatoms. The van der Waals surface area contributed by atoms with Crippen molar-refractivity contribution < 1.29 is 14.0 Å². The second-order valence-electron chi connectivity index (χ2n) is 8.77. The zero-order chi connectivity index (χ0) is 24.1. The number of aromatic nitrogens is 2. The number of hydrogen-bond donors (Lipinski definition) is 2. The maximum atomic E-state index is 13.0. The Morgan fingerprint density at radius 1 is 1.00 bits per heavy atom. The van der Waals surface area contributed by atoms with Crippen molar-refractivity contribution in [3.05, 3.63) is 82.4 Å². The van der Waals surface area contributed by atoms with Crippen molar-refractivity contribution in [2.75, 3.05) is 5.32 Å². The molecule has 1 aromatic heterocycles. The first-order chi connectivity index (χ1) is 15.6. The second-order valence-corrected chi connectivity index (χ2v) is 8.77. The molecule has 0 aliphatic heterocycles. The summed E-state index contributed by atoms with van der Waals surface area (Å²) in [6, 6.07) is 12.5. The molecule has 0 bridgehead atoms. The van der Waals surface area contributed by atoms with Gasteiger partial charge in [0.2, 0.25) is 5.91 Å². The molecule has 2 N–H and O–H groups in total. The molecule has 1 heterocycles. The molecular weight excluding hydrogens is 419 g/mol. The van der Waals surface area contributed by atoms with Crippen molar-refractivity contribution >= 4 is 17.5 Å². The Morgan fingerprint density at radius 3 is 2.24 bits per heavy atom. The zero-order valence-corrected chi connectivity index (χ0v) is 19.8. The number of aryl methyl sites for hydroxylation is 1. The monoisotopic (exact) mass is 450 g/mol. The second kappa shape index (κ2) is 10.4. The fourth-order valence-corrected chi connectivity index (χ4v) is 3.71. The van der Waals surface area contributed by atoms with E-state index in [1.807, 2.05) is 37.6 Å². The van der Waals surface area contributed by atoms with Gasteiger partial charge in [0.15, 0.2) is 0 Å². The van der Waals surface area contributed by atoms with E-state index in [4.69, 9.17) is 0 Å². The summed E-state index contributed by atoms with van der Waals surface area (Å²) in [5.41, 5.74) is 4.81. The van der Waals surface area contributed by atoms with Crippen LogP contribution in [0, 0.1) is 25.6 Å². The van der Waals surface area contributed by atoms with Gasteiger partial charge in [0.25, 0.3) is 5.91 Å². The summed E-state index contributed by atoms with van der Waals surface area (Å²) in [7, 11) is 0. The number of hydrogen-bond acceptors (Lipinski definition) is 3. The minimum Gasteiger partial charge on any atom is -0.349 e. The van der Waals surface area contributed by atoms with Crippen molar-refractivity contribution in [2.45, 2.75) is 53.6 Å². The molecule has 0 saturated carbocycles. The topological polar surface area (TPSA) is 76.0 Å². The van der Waals surface area contributed by atoms with Crippen LogP contribution in [-0.4, -0.2) is 21.6 Å². The molecule has 2 amide bonds. The number of carbonyl (C=O) groups excluding carboxylic acids is 2. The lowest BCUT2D eigenvalue weighted by atomic mass is 10.1. The molecule has 174 valence electrons. The fourth-order valence-electron chi connectivity index (χ4n) is 3.71. The quantitative estimate of drug-likeness (QED) is 0.509. The van der Waals surface area contributed by atoms with E-state index < -0.39 is 0 Å². The predicted octanol–water partition coefficient (Wildman–Crippen LogP) is 4.97. The molecule has 3 rings (SSSR count). The Kier molecular flexibility index (Phi) is 7.63. The molecular formula is C26H31FN4O2. The number of nitrogens with one attached hydrogen (secondary N) is 2. The Labute approximate surface area is 194 Å². The first-order valence-corrected chi connectivity index (χ1v) is 11.1. The van der Waals surface area contributed by atoms with Crippen LogP contribution in [0.5, 0.6) is 0 Å². The van der Waals surface area contributed by atoms with E-state index in [9.17, 15) is 14.0 Å². The molecule has 3 aromatic rings. The fraction of sp³-hybridized carbons (Fsp3) is 0.346. The minimum atomic E-state index is -0.387. The summed E-state index contributed by atoms with van der Waals surface area (Å²) in [4.78, 5) is 25.0. The van der Waals surface area contributed by atoms with Crippen molar-refractivity contribution in [2.24, 2.45) is 5.92 Å². The lowest BCUT2D eigenvalue weighted by Gasteiger charge is -2.15. The number of benzene rings is 2. The van der Waals surface area contributed by atoms with Gasteiger partial charge < -0.3 is 10.6 Å². The molecule has 0 spiro atoms. The maximum Gasteiger partial charge on any atom is 0.255 e. The number of carbonyl (C=O) groups is 2. The molecule has 0 aliphatic rings. The van der Waals surface area contributed by atoms with Gasteiger partial charge in [-0.2, -0.15) is 5.10 Å². The first kappa shape index (κ1) is 24.2. The number of rotatable bonds is 8. The number of amides is 2. The number of nitrogens with zero attached hydrogens (tertiary/aromatic N) is 2. The molecule has 33 heavy (non-hydrogen) atoms. The summed E-state index contributed by atoms with van der Waals surface area (Å²) >= 11 is 0. The Morgan fingerprint density at radius 2 is 1.64 bits per heavy atom. The van der Waals surface area contributed by atoms with E-state index in [0.29, 0.717) is 17.2 Å². The average molecular weight is 451 g/mol. The Hall–Kier alpha value is -3.48. The predicted molar refractivity (Wildman–Crippen MR) is 128 cm³/mol. The van der Waals surface area contributed by atoms with Crippen LogP contribution < -0.4 is 10.6 Å². The highest BCUT2D eigenvalue weighted by atomic mass is 19.1. The van der Waals surface area contributed by atoms with Crippen LogP contribution in [0.2, 0.25) is 0 Å². The molecule has 6 nitrogen and oxygen atoms in total. The summed E-state index contributed by atoms with van der Waals surface area (Å²) in [6.07, 6.45) is 0.284. The average Bonchev–Trinajstić information content (AvgIpc) is 3.01. The summed E-state index contributed by atoms with van der Waals surface area (Å²) in [5.74, 6) is -0.283. The van der Waals surface area contributed by atoms with Crippen LogP contribution in [0.25, 0.3) is 0 Å². The van der Waals surface area contributed by atoms with Crippen LogP contribution >= 0.6 is 0 Å². The van der Waals surface area contributed by atoms with Crippen molar-refractivity contribution in [3.8, 4) is 0 Å². The van der Waals surface area contributed by atoms with Gasteiger partial charge in [-0.15, -0.1) is 0 Å². The smallest absolute Gasteiger partial charge is 0.255 e. The van der Waals surface area contributed by atoms with Gasteiger partial charge in [-0.25, -0.2) is 4.39 Å². The van der Waals surface area contributed by atoms with Crippen LogP contribution in [0.4, 0.5) is 10.1 Å². The van der Waals surface area contributed by atoms with E-state index in [-0.39, 0.29) is 30.1 Å². The van der Waals surface area contributed by atoms with Crippen LogP contribution in [0.1, 0.15) is 59.7 Å². The highest BCUT2D eigenvalue weighted by molar-refractivity contribution is 6.04. The summed E-state index contributed by atoms with van der Waals surface area (Å²) in [6.45, 7) is 11.0. The van der Waals surface area contributed by atoms with Gasteiger partial charge in [0.1, 0.15) is 5.82 Å². The van der Waals surface area contributed by atoms with Crippen molar-refractivity contribution in [1.29, 1.82) is 0 Å². The number of anilines is 1. The molecule has 2 aromatic carbocycles. The molecule has 1 atom stereocenters. The van der Waals surface area contributed by atoms with E-state index in [2.05, 4.69) is 29.6 Å². The molecule has 0 radical (unpaired) electrons. The molecule has 0 fully saturated rings. The van der Waals surface area contributed by atoms with Gasteiger partial charge in [0.05, 0.1) is 18.2 Å². The number of halogens is 1. The Bertz CT molecular complexity index is 1120. The van der Waals surface area contributed by atoms with Crippen LogP contribution in [0.3, 0.4) is 0 Å². The van der Waals surface area contributed by atoms with Crippen LogP contribution in [-0.2, 0) is 17.8 Å². The highest BCUT2D eigenvalue weighted by Crippen LogP contribution is 2.19. The van der Waals surface area contributed by atoms with E-state index in [1.165, 1.54) is 24.3 Å². The summed E-state index contributed by atoms with van der Waals surface area (Å²) in [5, 5.41) is 10.4. The third kappa shape index (κ3) is 6.28. The highest BCUT2D eigenvalue weighted by Gasteiger charge is 2.17. The third-order valence-electron chi connectivity index (χ3n) is 5.56. The van der Waals surface area contributed by atoms with E-state index in [0.717, 1.165) is 29.1 Å². The molecule has 1 unspecified atom stereocenters. The normalized spacial score (nSPS) is 12.0. The largest absolute Gasteiger partial charge is 0.349 e. The SMILES string of the molecule is Cc1nn(CC(C)C)c(C)c1CC(=O)NC(C)c1ccc(NC(=O)c2ccc(F)cc2)cc1. The van der Waals surface area contributed by atoms with Crippen molar-refractivity contribution in [1.82, 2.24) is 15.1 Å². The third-order valence-corrected chi connectivity index (χ3v) is 5.56. The van der Waals surface area contributed by atoms with Gasteiger partial charge in [-0.1, -0.05) is 26.0 Å². The first-order valence-electron chi connectivity index (χ1n) is 11.1. The van der Waals surface area contributed by atoms with Gasteiger partial charge >= 0.3 is 0 Å². The van der Waals surface area contributed by atoms with Gasteiger partial charge in [0, 0.05) is 29.1 Å². The molecule has 0 saturated heterocycles. The lowest BCUT2D eigenvalue weighted by Crippen LogP contribution is -2.28. The van der Waals surface area contributed by atoms with Gasteiger partial charge in [-0.05, 0) is 68.7 Å². The Balaban J connectivity index is 1.58. The van der Waals surface area contributed by atoms with E-state index >= 15 is 0 Å². The molecule has 0 aliphatic carbocycles. The van der Waals surface area contributed by atoms with Gasteiger partial charge in [-0.3, -0.25) is 14.3 Å². The standard InChI is InChI=1S/C26H31FN4O2/c1-16(2)15-31-19(5)24(18(4)30-31)14-25(32)28-17(3)20-8-12-23(13-9-20)29-26(33)21-6-10-22(27)11-7-21/h6-13,16-17H,14-15H2,1-5H3,(H,28,32)(H,29,33). The maximum absolute atomic E-state index is 13.0. The summed E-state index contributed by atoms with van der Waals surface area (Å²) < 4.78 is 15.0. The zero-order valence-electron chi connectivity index (χ0n) is 19.8. The lowest BCUT2D eigenvalue weighted by molar-refractivity contribution is -0.121.